The quantitative estimate of drug-likeness (QED) is 0.933. The van der Waals surface area contributed by atoms with E-state index in [1.54, 1.807) is 0 Å². The molecule has 22 heavy (non-hydrogen) atoms. The van der Waals surface area contributed by atoms with Crippen molar-refractivity contribution in [1.82, 2.24) is 4.98 Å². The first-order valence-corrected chi connectivity index (χ1v) is 8.50. The number of fused-ring (bicyclic) bond motifs is 1. The van der Waals surface area contributed by atoms with Gasteiger partial charge < -0.3 is 10.0 Å². The lowest BCUT2D eigenvalue weighted by Gasteiger charge is -2.35. The number of para-hydroxylation sites is 1. The van der Waals surface area contributed by atoms with Crippen LogP contribution in [0.15, 0.2) is 30.3 Å². The largest absolute Gasteiger partial charge is 0.393 e. The third-order valence-electron chi connectivity index (χ3n) is 4.82. The Kier molecular flexibility index (Phi) is 4.63. The standard InChI is InChI=1S/C19H26N2O/c1-3-6-16-13-19(17-7-4-5-8-18(17)20-16)21-11-9-15(10-12-21)14(2)22/h4-5,7-8,13-15,22H,3,6,9-12H2,1-2H3. The van der Waals surface area contributed by atoms with Crippen LogP contribution in [0.2, 0.25) is 0 Å². The molecule has 1 fully saturated rings. The van der Waals surface area contributed by atoms with Crippen molar-refractivity contribution in [2.75, 3.05) is 18.0 Å². The molecule has 1 atom stereocenters. The zero-order valence-corrected chi connectivity index (χ0v) is 13.6. The van der Waals surface area contributed by atoms with E-state index in [4.69, 9.17) is 4.98 Å². The van der Waals surface area contributed by atoms with Crippen LogP contribution in [0.1, 0.15) is 38.8 Å². The molecule has 0 radical (unpaired) electrons. The lowest BCUT2D eigenvalue weighted by atomic mass is 9.91. The molecular weight excluding hydrogens is 272 g/mol. The van der Waals surface area contributed by atoms with Crippen LogP contribution in [0.5, 0.6) is 0 Å². The topological polar surface area (TPSA) is 36.4 Å². The molecule has 1 aliphatic heterocycles. The van der Waals surface area contributed by atoms with Crippen LogP contribution in [-0.4, -0.2) is 29.3 Å². The van der Waals surface area contributed by atoms with Crippen molar-refractivity contribution in [3.05, 3.63) is 36.0 Å². The van der Waals surface area contributed by atoms with Crippen LogP contribution in [0.25, 0.3) is 10.9 Å². The summed E-state index contributed by atoms with van der Waals surface area (Å²) >= 11 is 0. The fourth-order valence-corrected chi connectivity index (χ4v) is 3.48. The molecule has 1 aromatic heterocycles. The predicted octanol–water partition coefficient (Wildman–Crippen LogP) is 3.78. The van der Waals surface area contributed by atoms with Gasteiger partial charge in [0, 0.05) is 29.9 Å². The molecule has 0 amide bonds. The molecular formula is C19H26N2O. The number of rotatable bonds is 4. The molecule has 0 aliphatic carbocycles. The third kappa shape index (κ3) is 3.09. The van der Waals surface area contributed by atoms with Crippen molar-refractivity contribution < 1.29 is 5.11 Å². The van der Waals surface area contributed by atoms with Crippen LogP contribution in [0, 0.1) is 5.92 Å². The van der Waals surface area contributed by atoms with E-state index in [0.717, 1.165) is 44.3 Å². The number of benzene rings is 1. The molecule has 3 heteroatoms. The lowest BCUT2D eigenvalue weighted by Crippen LogP contribution is -2.37. The number of hydrogen-bond donors (Lipinski definition) is 1. The smallest absolute Gasteiger partial charge is 0.0726 e. The Morgan fingerprint density at radius 3 is 2.68 bits per heavy atom. The fourth-order valence-electron chi connectivity index (χ4n) is 3.48. The van der Waals surface area contributed by atoms with Crippen molar-refractivity contribution in [3.8, 4) is 0 Å². The Morgan fingerprint density at radius 1 is 1.27 bits per heavy atom. The average molecular weight is 298 g/mol. The van der Waals surface area contributed by atoms with Gasteiger partial charge in [0.25, 0.3) is 0 Å². The third-order valence-corrected chi connectivity index (χ3v) is 4.82. The molecule has 2 aromatic rings. The summed E-state index contributed by atoms with van der Waals surface area (Å²) in [4.78, 5) is 7.27. The van der Waals surface area contributed by atoms with E-state index in [1.165, 1.54) is 16.8 Å². The number of pyridine rings is 1. The highest BCUT2D eigenvalue weighted by atomic mass is 16.3. The zero-order valence-electron chi connectivity index (χ0n) is 13.6. The monoisotopic (exact) mass is 298 g/mol. The van der Waals surface area contributed by atoms with Crippen molar-refractivity contribution >= 4 is 16.6 Å². The summed E-state index contributed by atoms with van der Waals surface area (Å²) in [5, 5.41) is 11.0. The SMILES string of the molecule is CCCc1cc(N2CCC(C(C)O)CC2)c2ccccc2n1. The fraction of sp³-hybridized carbons (Fsp3) is 0.526. The highest BCUT2D eigenvalue weighted by molar-refractivity contribution is 5.92. The molecule has 2 heterocycles. The second kappa shape index (κ2) is 6.66. The summed E-state index contributed by atoms with van der Waals surface area (Å²) in [6, 6.07) is 10.7. The molecule has 3 rings (SSSR count). The molecule has 1 unspecified atom stereocenters. The molecule has 0 spiro atoms. The van der Waals surface area contributed by atoms with E-state index in [0.29, 0.717) is 5.92 Å². The number of aromatic nitrogens is 1. The number of piperidine rings is 1. The minimum Gasteiger partial charge on any atom is -0.393 e. The summed E-state index contributed by atoms with van der Waals surface area (Å²) in [6.45, 7) is 6.16. The summed E-state index contributed by atoms with van der Waals surface area (Å²) in [5.74, 6) is 0.444. The molecule has 1 aromatic carbocycles. The van der Waals surface area contributed by atoms with Crippen LogP contribution < -0.4 is 4.90 Å². The van der Waals surface area contributed by atoms with E-state index >= 15 is 0 Å². The molecule has 1 saturated heterocycles. The van der Waals surface area contributed by atoms with Gasteiger partial charge in [0.05, 0.1) is 11.6 Å². The van der Waals surface area contributed by atoms with Gasteiger partial charge in [-0.1, -0.05) is 31.5 Å². The van der Waals surface area contributed by atoms with Crippen molar-refractivity contribution in [3.63, 3.8) is 0 Å². The predicted molar refractivity (Wildman–Crippen MR) is 92.4 cm³/mol. The number of aryl methyl sites for hydroxylation is 1. The summed E-state index contributed by atoms with van der Waals surface area (Å²) in [7, 11) is 0. The zero-order chi connectivity index (χ0) is 15.5. The van der Waals surface area contributed by atoms with E-state index in [9.17, 15) is 5.11 Å². The van der Waals surface area contributed by atoms with Crippen LogP contribution in [-0.2, 0) is 6.42 Å². The van der Waals surface area contributed by atoms with Gasteiger partial charge in [0.2, 0.25) is 0 Å². The van der Waals surface area contributed by atoms with Gasteiger partial charge in [0.1, 0.15) is 0 Å². The van der Waals surface area contributed by atoms with Crippen LogP contribution >= 0.6 is 0 Å². The van der Waals surface area contributed by atoms with Gasteiger partial charge in [-0.15, -0.1) is 0 Å². The first-order valence-electron chi connectivity index (χ1n) is 8.50. The van der Waals surface area contributed by atoms with Gasteiger partial charge in [-0.05, 0) is 44.2 Å². The van der Waals surface area contributed by atoms with Gasteiger partial charge in [-0.2, -0.15) is 0 Å². The summed E-state index contributed by atoms with van der Waals surface area (Å²) < 4.78 is 0. The minimum absolute atomic E-state index is 0.188. The van der Waals surface area contributed by atoms with Gasteiger partial charge >= 0.3 is 0 Å². The molecule has 118 valence electrons. The Labute approximate surface area is 133 Å². The Balaban J connectivity index is 1.92. The molecule has 1 aliphatic rings. The summed E-state index contributed by atoms with van der Waals surface area (Å²) in [6.07, 6.45) is 4.10. The number of hydrogen-bond acceptors (Lipinski definition) is 3. The van der Waals surface area contributed by atoms with E-state index in [1.807, 2.05) is 6.92 Å². The first-order chi connectivity index (χ1) is 10.7. The highest BCUT2D eigenvalue weighted by Gasteiger charge is 2.24. The average Bonchev–Trinajstić information content (AvgIpc) is 2.54. The van der Waals surface area contributed by atoms with Crippen molar-refractivity contribution in [2.45, 2.75) is 45.6 Å². The first kappa shape index (κ1) is 15.3. The van der Waals surface area contributed by atoms with Gasteiger partial charge in [0.15, 0.2) is 0 Å². The number of aliphatic hydroxyl groups is 1. The van der Waals surface area contributed by atoms with E-state index < -0.39 is 0 Å². The molecule has 1 N–H and O–H groups in total. The van der Waals surface area contributed by atoms with Crippen molar-refractivity contribution in [2.24, 2.45) is 5.92 Å². The van der Waals surface area contributed by atoms with Gasteiger partial charge in [-0.3, -0.25) is 4.98 Å². The number of anilines is 1. The second-order valence-electron chi connectivity index (χ2n) is 6.46. The number of aliphatic hydroxyl groups excluding tert-OH is 1. The minimum atomic E-state index is -0.188. The molecule has 0 saturated carbocycles. The maximum absolute atomic E-state index is 9.79. The normalized spacial score (nSPS) is 17.9. The summed E-state index contributed by atoms with van der Waals surface area (Å²) in [5.41, 5.74) is 3.60. The maximum Gasteiger partial charge on any atom is 0.0726 e. The van der Waals surface area contributed by atoms with Gasteiger partial charge in [-0.25, -0.2) is 0 Å². The second-order valence-corrected chi connectivity index (χ2v) is 6.46. The van der Waals surface area contributed by atoms with E-state index in [-0.39, 0.29) is 6.10 Å². The maximum atomic E-state index is 9.79. The molecule has 3 nitrogen and oxygen atoms in total. The van der Waals surface area contributed by atoms with E-state index in [2.05, 4.69) is 42.2 Å². The Bertz CT molecular complexity index is 630. The van der Waals surface area contributed by atoms with Crippen molar-refractivity contribution in [1.29, 1.82) is 0 Å². The number of nitrogens with zero attached hydrogens (tertiary/aromatic N) is 2. The molecule has 0 bridgehead atoms. The lowest BCUT2D eigenvalue weighted by molar-refractivity contribution is 0.110. The highest BCUT2D eigenvalue weighted by Crippen LogP contribution is 2.31. The Hall–Kier alpha value is -1.61. The van der Waals surface area contributed by atoms with Crippen LogP contribution in [0.3, 0.4) is 0 Å². The van der Waals surface area contributed by atoms with Crippen LogP contribution in [0.4, 0.5) is 5.69 Å². The Morgan fingerprint density at radius 2 is 2.00 bits per heavy atom.